The number of nitrogens with zero attached hydrogens (tertiary/aromatic N) is 4. The highest BCUT2D eigenvalue weighted by Gasteiger charge is 2.43. The van der Waals surface area contributed by atoms with Gasteiger partial charge < -0.3 is 35.0 Å². The van der Waals surface area contributed by atoms with Crippen molar-refractivity contribution in [2.24, 2.45) is 11.8 Å². The Bertz CT molecular complexity index is 1710. The first-order valence-corrected chi connectivity index (χ1v) is 20.7. The van der Waals surface area contributed by atoms with Gasteiger partial charge in [-0.3, -0.25) is 4.79 Å². The Labute approximate surface area is 314 Å². The summed E-state index contributed by atoms with van der Waals surface area (Å²) in [5.74, 6) is 0.378. The number of phenols is 1. The summed E-state index contributed by atoms with van der Waals surface area (Å²) >= 11 is 0. The molecule has 6 rings (SSSR count). The second-order valence-electron chi connectivity index (χ2n) is 15.3. The maximum Gasteiger partial charge on any atom is 0.409 e. The van der Waals surface area contributed by atoms with Crippen LogP contribution in [0.4, 0.5) is 15.3 Å². The van der Waals surface area contributed by atoms with Crippen LogP contribution < -0.4 is 5.32 Å². The fourth-order valence-electron chi connectivity index (χ4n) is 8.39. The number of sulfonamides is 1. The zero-order valence-electron chi connectivity index (χ0n) is 31.8. The number of para-hydroxylation sites is 1. The summed E-state index contributed by atoms with van der Waals surface area (Å²) < 4.78 is 29.6. The summed E-state index contributed by atoms with van der Waals surface area (Å²) in [7, 11) is -1.82. The van der Waals surface area contributed by atoms with E-state index in [1.807, 2.05) is 60.9 Å². The number of likely N-dealkylation sites (tertiary alicyclic amines) is 2. The maximum absolute atomic E-state index is 13.0. The van der Waals surface area contributed by atoms with Gasteiger partial charge in [0.1, 0.15) is 5.75 Å². The monoisotopic (exact) mass is 755 g/mol. The van der Waals surface area contributed by atoms with Crippen molar-refractivity contribution < 1.29 is 37.8 Å². The van der Waals surface area contributed by atoms with E-state index in [1.54, 1.807) is 4.90 Å². The molecular formula is C39H57N5O8S. The molecule has 0 unspecified atom stereocenters. The molecule has 2 aromatic carbocycles. The van der Waals surface area contributed by atoms with Crippen LogP contribution in [0.1, 0.15) is 67.7 Å². The fraction of sp³-hybridized carbons (Fsp3) is 0.615. The Morgan fingerprint density at radius 3 is 2.11 bits per heavy atom. The second-order valence-corrected chi connectivity index (χ2v) is 17.2. The van der Waals surface area contributed by atoms with E-state index in [9.17, 15) is 33.0 Å². The SMILES string of the molecule is COC(=O)N1CCC(N2CCc3ccccc3NC2=O)CC1.Cc1cc(C[C@@H](C)C(=O)N2CCC(C3(O)CCN(S(C)(=O)=O)CC3)CC2)cc(C)c1O. The van der Waals surface area contributed by atoms with E-state index < -0.39 is 15.6 Å². The van der Waals surface area contributed by atoms with Crippen LogP contribution in [0.15, 0.2) is 36.4 Å². The molecule has 0 radical (unpaired) electrons. The highest BCUT2D eigenvalue weighted by molar-refractivity contribution is 7.88. The van der Waals surface area contributed by atoms with Crippen molar-refractivity contribution in [3.8, 4) is 5.75 Å². The van der Waals surface area contributed by atoms with Gasteiger partial charge >= 0.3 is 12.1 Å². The lowest BCUT2D eigenvalue weighted by Gasteiger charge is -2.45. The molecule has 0 saturated carbocycles. The zero-order valence-corrected chi connectivity index (χ0v) is 32.7. The van der Waals surface area contributed by atoms with Gasteiger partial charge in [-0.15, -0.1) is 0 Å². The van der Waals surface area contributed by atoms with Crippen molar-refractivity contribution in [3.05, 3.63) is 58.7 Å². The molecule has 0 aromatic heterocycles. The lowest BCUT2D eigenvalue weighted by atomic mass is 9.75. The van der Waals surface area contributed by atoms with Crippen LogP contribution in [0.25, 0.3) is 0 Å². The van der Waals surface area contributed by atoms with Gasteiger partial charge in [0, 0.05) is 63.5 Å². The molecule has 4 aliphatic rings. The topological polar surface area (TPSA) is 160 Å². The van der Waals surface area contributed by atoms with E-state index in [1.165, 1.54) is 23.2 Å². The molecule has 0 spiro atoms. The van der Waals surface area contributed by atoms with Crippen molar-refractivity contribution in [1.29, 1.82) is 0 Å². The molecule has 3 fully saturated rings. The van der Waals surface area contributed by atoms with Gasteiger partial charge in [-0.25, -0.2) is 22.3 Å². The van der Waals surface area contributed by atoms with Crippen LogP contribution >= 0.6 is 0 Å². The van der Waals surface area contributed by atoms with E-state index >= 15 is 0 Å². The summed E-state index contributed by atoms with van der Waals surface area (Å²) in [5.41, 5.74) is 3.93. The number of rotatable bonds is 6. The first-order valence-electron chi connectivity index (χ1n) is 18.8. The summed E-state index contributed by atoms with van der Waals surface area (Å²) in [5, 5.41) is 24.1. The van der Waals surface area contributed by atoms with E-state index in [4.69, 9.17) is 4.74 Å². The Balaban J connectivity index is 0.000000216. The number of benzene rings is 2. The van der Waals surface area contributed by atoms with Crippen LogP contribution in [-0.4, -0.2) is 126 Å². The third-order valence-corrected chi connectivity index (χ3v) is 12.9. The minimum absolute atomic E-state index is 0.0403. The number of hydrogen-bond donors (Lipinski definition) is 3. The zero-order chi connectivity index (χ0) is 38.5. The Kier molecular flexibility index (Phi) is 13.0. The minimum Gasteiger partial charge on any atom is -0.507 e. The number of fused-ring (bicyclic) bond motifs is 1. The first kappa shape index (κ1) is 40.3. The van der Waals surface area contributed by atoms with Gasteiger partial charge in [-0.05, 0) is 99.5 Å². The number of carbonyl (C=O) groups is 3. The Hall–Kier alpha value is -3.88. The van der Waals surface area contributed by atoms with E-state index in [2.05, 4.69) is 11.4 Å². The second kappa shape index (κ2) is 17.1. The number of methoxy groups -OCH3 is 1. The molecule has 0 bridgehead atoms. The highest BCUT2D eigenvalue weighted by atomic mass is 32.2. The summed E-state index contributed by atoms with van der Waals surface area (Å²) in [6.45, 7) is 9.63. The molecule has 13 nitrogen and oxygen atoms in total. The van der Waals surface area contributed by atoms with Crippen molar-refractivity contribution >= 4 is 33.7 Å². The lowest BCUT2D eigenvalue weighted by Crippen LogP contribution is -2.53. The number of urea groups is 1. The highest BCUT2D eigenvalue weighted by Crippen LogP contribution is 2.37. The summed E-state index contributed by atoms with van der Waals surface area (Å²) in [6.07, 6.45) is 6.38. The van der Waals surface area contributed by atoms with E-state index in [0.717, 1.165) is 54.5 Å². The smallest absolute Gasteiger partial charge is 0.409 e. The first-order chi connectivity index (χ1) is 25.1. The van der Waals surface area contributed by atoms with Crippen LogP contribution in [0, 0.1) is 25.7 Å². The number of hydrogen-bond acceptors (Lipinski definition) is 8. The fourth-order valence-corrected chi connectivity index (χ4v) is 9.24. The minimum atomic E-state index is -3.21. The molecule has 3 N–H and O–H groups in total. The van der Waals surface area contributed by atoms with E-state index in [-0.39, 0.29) is 35.9 Å². The quantitative estimate of drug-likeness (QED) is 0.388. The van der Waals surface area contributed by atoms with Gasteiger partial charge in [-0.1, -0.05) is 37.3 Å². The van der Waals surface area contributed by atoms with E-state index in [0.29, 0.717) is 70.8 Å². The summed E-state index contributed by atoms with van der Waals surface area (Å²) in [6, 6.07) is 11.9. The number of amides is 4. The van der Waals surface area contributed by atoms with Gasteiger partial charge in [0.05, 0.1) is 19.0 Å². The number of ether oxygens (including phenoxy) is 1. The van der Waals surface area contributed by atoms with Crippen LogP contribution in [0.2, 0.25) is 0 Å². The van der Waals surface area contributed by atoms with Gasteiger partial charge in [0.2, 0.25) is 15.9 Å². The Morgan fingerprint density at radius 2 is 1.53 bits per heavy atom. The number of nitrogens with one attached hydrogen (secondary N) is 1. The molecule has 14 heteroatoms. The molecule has 4 aliphatic heterocycles. The van der Waals surface area contributed by atoms with Crippen LogP contribution in [-0.2, 0) is 32.4 Å². The molecule has 292 valence electrons. The van der Waals surface area contributed by atoms with Gasteiger partial charge in [0.25, 0.3) is 0 Å². The maximum atomic E-state index is 13.0. The number of aromatic hydroxyl groups is 1. The number of carbonyl (C=O) groups excluding carboxylic acids is 3. The average molecular weight is 756 g/mol. The number of aryl methyl sites for hydroxylation is 2. The van der Waals surface area contributed by atoms with Crippen molar-refractivity contribution in [2.75, 3.05) is 64.5 Å². The summed E-state index contributed by atoms with van der Waals surface area (Å²) in [4.78, 5) is 42.5. The number of anilines is 1. The van der Waals surface area contributed by atoms with Crippen LogP contribution in [0.5, 0.6) is 5.75 Å². The molecule has 1 atom stereocenters. The predicted molar refractivity (Wildman–Crippen MR) is 203 cm³/mol. The largest absolute Gasteiger partial charge is 0.507 e. The van der Waals surface area contributed by atoms with Gasteiger partial charge in [0.15, 0.2) is 0 Å². The standard InChI is InChI=1S/C23H36N2O5S.C16H21N3O3/c1-16-13-19(14-17(2)21(16)26)15-18(3)22(27)24-9-5-20(6-10-24)23(28)7-11-25(12-8-23)31(4,29)30;1-22-16(21)18-9-7-13(8-10-18)19-11-6-12-4-2-3-5-14(12)17-15(19)20/h13-14,18,20,26,28H,5-12,15H2,1-4H3;2-5,13H,6-11H2,1H3,(H,17,20)/t18-;/m1./s1. The average Bonchev–Trinajstić information content (AvgIpc) is 3.31. The number of phenolic OH excluding ortho intramolecular Hbond substituents is 1. The molecule has 2 aromatic rings. The Morgan fingerprint density at radius 1 is 0.943 bits per heavy atom. The van der Waals surface area contributed by atoms with Crippen molar-refractivity contribution in [1.82, 2.24) is 19.0 Å². The third-order valence-electron chi connectivity index (χ3n) is 11.6. The van der Waals surface area contributed by atoms with Crippen LogP contribution in [0.3, 0.4) is 0 Å². The molecule has 4 heterocycles. The lowest BCUT2D eigenvalue weighted by molar-refractivity contribution is -0.139. The molecular weight excluding hydrogens is 699 g/mol. The predicted octanol–water partition coefficient (Wildman–Crippen LogP) is 4.52. The number of piperidine rings is 3. The molecule has 4 amide bonds. The van der Waals surface area contributed by atoms with Crippen molar-refractivity contribution in [3.63, 3.8) is 0 Å². The molecule has 0 aliphatic carbocycles. The van der Waals surface area contributed by atoms with Gasteiger partial charge in [-0.2, -0.15) is 0 Å². The third kappa shape index (κ3) is 9.81. The normalized spacial score (nSPS) is 20.7. The van der Waals surface area contributed by atoms with Crippen molar-refractivity contribution in [2.45, 2.75) is 83.8 Å². The number of aliphatic hydroxyl groups is 1. The molecule has 53 heavy (non-hydrogen) atoms. The molecule has 3 saturated heterocycles.